The van der Waals surface area contributed by atoms with Crippen molar-refractivity contribution in [1.82, 2.24) is 0 Å². The quantitative estimate of drug-likeness (QED) is 0.362. The highest BCUT2D eigenvalue weighted by Gasteiger charge is 2.12. The van der Waals surface area contributed by atoms with E-state index in [9.17, 15) is 10.1 Å². The molecule has 0 aliphatic carbocycles. The molecule has 0 bridgehead atoms. The Hall–Kier alpha value is -1.11. The second kappa shape index (κ2) is 6.56. The third-order valence-electron chi connectivity index (χ3n) is 2.50. The number of benzene rings is 2. The van der Waals surface area contributed by atoms with Crippen molar-refractivity contribution in [3.8, 4) is 11.5 Å². The van der Waals surface area contributed by atoms with Gasteiger partial charge in [-0.2, -0.15) is 0 Å². The summed E-state index contributed by atoms with van der Waals surface area (Å²) in [5, 5.41) is 11.9. The van der Waals surface area contributed by atoms with Crippen LogP contribution < -0.4 is 4.74 Å². The highest BCUT2D eigenvalue weighted by Crippen LogP contribution is 2.36. The lowest BCUT2D eigenvalue weighted by molar-refractivity contribution is -0.384. The van der Waals surface area contributed by atoms with Gasteiger partial charge in [-0.05, 0) is 39.7 Å². The normalized spacial score (nSPS) is 10.3. The third kappa shape index (κ3) is 3.50. The van der Waals surface area contributed by atoms with Gasteiger partial charge in [0.2, 0.25) is 0 Å². The molecule has 0 saturated carbocycles. The number of rotatable bonds is 4. The fourth-order valence-electron chi connectivity index (χ4n) is 1.51. The van der Waals surface area contributed by atoms with E-state index in [4.69, 9.17) is 16.3 Å². The lowest BCUT2D eigenvalue weighted by atomic mass is 10.2. The standard InChI is InChI=1S/C13H8Br2ClNO3/c14-7-8-1-4-12(11(16)5-8)20-13-6-9(17(18)19)2-3-10(13)15/h1-6H,7H2. The lowest BCUT2D eigenvalue weighted by Crippen LogP contribution is -1.91. The molecule has 2 rings (SSSR count). The van der Waals surface area contributed by atoms with E-state index in [1.54, 1.807) is 18.2 Å². The monoisotopic (exact) mass is 419 g/mol. The van der Waals surface area contributed by atoms with Gasteiger partial charge in [0.15, 0.2) is 0 Å². The molecule has 2 aromatic carbocycles. The van der Waals surface area contributed by atoms with E-state index in [-0.39, 0.29) is 5.69 Å². The van der Waals surface area contributed by atoms with Gasteiger partial charge >= 0.3 is 0 Å². The van der Waals surface area contributed by atoms with Crippen molar-refractivity contribution in [1.29, 1.82) is 0 Å². The maximum Gasteiger partial charge on any atom is 0.273 e. The zero-order chi connectivity index (χ0) is 14.7. The molecule has 0 unspecified atom stereocenters. The number of ether oxygens (including phenoxy) is 1. The predicted molar refractivity (Wildman–Crippen MR) is 85.0 cm³/mol. The maximum atomic E-state index is 10.8. The number of nitrogens with zero attached hydrogens (tertiary/aromatic N) is 1. The van der Waals surface area contributed by atoms with E-state index in [1.807, 2.05) is 6.07 Å². The van der Waals surface area contributed by atoms with Crippen molar-refractivity contribution in [3.05, 3.63) is 61.6 Å². The van der Waals surface area contributed by atoms with Gasteiger partial charge in [0.1, 0.15) is 11.5 Å². The molecule has 0 N–H and O–H groups in total. The van der Waals surface area contributed by atoms with Crippen LogP contribution in [0.5, 0.6) is 11.5 Å². The highest BCUT2D eigenvalue weighted by atomic mass is 79.9. The SMILES string of the molecule is O=[N+]([O-])c1ccc(Br)c(Oc2ccc(CBr)cc2Cl)c1. The number of hydrogen-bond acceptors (Lipinski definition) is 3. The Bertz CT molecular complexity index is 664. The van der Waals surface area contributed by atoms with E-state index < -0.39 is 4.92 Å². The summed E-state index contributed by atoms with van der Waals surface area (Å²) in [5.41, 5.74) is 0.969. The minimum absolute atomic E-state index is 0.0450. The molecule has 2 aromatic rings. The minimum Gasteiger partial charge on any atom is -0.454 e. The summed E-state index contributed by atoms with van der Waals surface area (Å²) in [6.45, 7) is 0. The van der Waals surface area contributed by atoms with Crippen LogP contribution in [0.2, 0.25) is 5.02 Å². The Morgan fingerprint density at radius 3 is 2.55 bits per heavy atom. The van der Waals surface area contributed by atoms with Crippen molar-refractivity contribution in [2.45, 2.75) is 5.33 Å². The van der Waals surface area contributed by atoms with Gasteiger partial charge in [-0.15, -0.1) is 0 Å². The van der Waals surface area contributed by atoms with Crippen LogP contribution in [-0.2, 0) is 5.33 Å². The third-order valence-corrected chi connectivity index (χ3v) is 4.09. The largest absolute Gasteiger partial charge is 0.454 e. The number of non-ortho nitro benzene ring substituents is 1. The van der Waals surface area contributed by atoms with E-state index in [1.165, 1.54) is 12.1 Å². The van der Waals surface area contributed by atoms with Crippen molar-refractivity contribution in [2.75, 3.05) is 0 Å². The summed E-state index contributed by atoms with van der Waals surface area (Å²) in [6.07, 6.45) is 0. The van der Waals surface area contributed by atoms with Crippen LogP contribution in [-0.4, -0.2) is 4.92 Å². The predicted octanol–water partition coefficient (Wildman–Crippen LogP) is 5.70. The van der Waals surface area contributed by atoms with Crippen molar-refractivity contribution in [3.63, 3.8) is 0 Å². The van der Waals surface area contributed by atoms with Gasteiger partial charge in [-0.3, -0.25) is 10.1 Å². The first-order chi connectivity index (χ1) is 9.51. The Balaban J connectivity index is 2.34. The van der Waals surface area contributed by atoms with Crippen LogP contribution in [0.25, 0.3) is 0 Å². The van der Waals surface area contributed by atoms with Crippen molar-refractivity contribution >= 4 is 49.1 Å². The zero-order valence-electron chi connectivity index (χ0n) is 9.98. The first-order valence-electron chi connectivity index (χ1n) is 5.47. The number of hydrogen-bond donors (Lipinski definition) is 0. The second-order valence-corrected chi connectivity index (χ2v) is 5.69. The van der Waals surface area contributed by atoms with E-state index in [0.717, 1.165) is 5.56 Å². The number of nitro benzene ring substituents is 1. The maximum absolute atomic E-state index is 10.8. The molecule has 4 nitrogen and oxygen atoms in total. The first-order valence-corrected chi connectivity index (χ1v) is 7.76. The highest BCUT2D eigenvalue weighted by molar-refractivity contribution is 9.10. The molecular formula is C13H8Br2ClNO3. The van der Waals surface area contributed by atoms with Gasteiger partial charge in [0.05, 0.1) is 20.5 Å². The van der Waals surface area contributed by atoms with Crippen molar-refractivity contribution < 1.29 is 9.66 Å². The molecule has 104 valence electrons. The molecular weight excluding hydrogens is 413 g/mol. The van der Waals surface area contributed by atoms with Crippen LogP contribution in [0.1, 0.15) is 5.56 Å². The Kier molecular flexibility index (Phi) is 5.01. The van der Waals surface area contributed by atoms with Crippen LogP contribution in [0.4, 0.5) is 5.69 Å². The Morgan fingerprint density at radius 2 is 1.95 bits per heavy atom. The van der Waals surface area contributed by atoms with E-state index in [0.29, 0.717) is 26.3 Å². The van der Waals surface area contributed by atoms with Gasteiger partial charge in [-0.25, -0.2) is 0 Å². The Labute approximate surface area is 137 Å². The van der Waals surface area contributed by atoms with Gasteiger partial charge < -0.3 is 4.74 Å². The summed E-state index contributed by atoms with van der Waals surface area (Å²) in [6, 6.07) is 9.67. The number of alkyl halides is 1. The molecule has 0 aromatic heterocycles. The molecule has 0 heterocycles. The first kappa shape index (κ1) is 15.3. The molecule has 0 spiro atoms. The number of halogens is 3. The Morgan fingerprint density at radius 1 is 1.20 bits per heavy atom. The van der Waals surface area contributed by atoms with Gasteiger partial charge in [-0.1, -0.05) is 33.6 Å². The lowest BCUT2D eigenvalue weighted by Gasteiger charge is -2.10. The second-order valence-electron chi connectivity index (χ2n) is 3.87. The van der Waals surface area contributed by atoms with Crippen LogP contribution in [0.3, 0.4) is 0 Å². The van der Waals surface area contributed by atoms with E-state index in [2.05, 4.69) is 31.9 Å². The molecule has 0 aliphatic rings. The zero-order valence-corrected chi connectivity index (χ0v) is 13.9. The molecule has 0 aliphatic heterocycles. The fourth-order valence-corrected chi connectivity index (χ4v) is 2.43. The summed E-state index contributed by atoms with van der Waals surface area (Å²) in [4.78, 5) is 10.3. The summed E-state index contributed by atoms with van der Waals surface area (Å²) >= 11 is 12.7. The van der Waals surface area contributed by atoms with Crippen molar-refractivity contribution in [2.24, 2.45) is 0 Å². The molecule has 7 heteroatoms. The average Bonchev–Trinajstić information content (AvgIpc) is 2.42. The minimum atomic E-state index is -0.477. The molecule has 0 saturated heterocycles. The number of nitro groups is 1. The average molecular weight is 421 g/mol. The summed E-state index contributed by atoms with van der Waals surface area (Å²) in [5.74, 6) is 0.783. The smallest absolute Gasteiger partial charge is 0.273 e. The molecule has 0 radical (unpaired) electrons. The summed E-state index contributed by atoms with van der Waals surface area (Å²) in [7, 11) is 0. The van der Waals surface area contributed by atoms with Gasteiger partial charge in [0, 0.05) is 11.4 Å². The molecule has 20 heavy (non-hydrogen) atoms. The molecule has 0 fully saturated rings. The van der Waals surface area contributed by atoms with Crippen LogP contribution in [0.15, 0.2) is 40.9 Å². The summed E-state index contributed by atoms with van der Waals surface area (Å²) < 4.78 is 6.25. The van der Waals surface area contributed by atoms with Crippen LogP contribution in [0, 0.1) is 10.1 Å². The topological polar surface area (TPSA) is 52.4 Å². The van der Waals surface area contributed by atoms with Gasteiger partial charge in [0.25, 0.3) is 5.69 Å². The van der Waals surface area contributed by atoms with E-state index >= 15 is 0 Å². The molecule has 0 amide bonds. The van der Waals surface area contributed by atoms with Crippen LogP contribution >= 0.6 is 43.5 Å². The molecule has 0 atom stereocenters. The fraction of sp³-hybridized carbons (Fsp3) is 0.0769.